The monoisotopic (exact) mass is 374 g/mol. The molecule has 130 valence electrons. The van der Waals surface area contributed by atoms with Gasteiger partial charge in [0.05, 0.1) is 28.7 Å². The summed E-state index contributed by atoms with van der Waals surface area (Å²) in [6, 6.07) is 7.67. The number of fused-ring (bicyclic) bond motifs is 3. The van der Waals surface area contributed by atoms with Gasteiger partial charge in [0, 0.05) is 0 Å². The van der Waals surface area contributed by atoms with Gasteiger partial charge in [-0.25, -0.2) is 23.2 Å². The Labute approximate surface area is 150 Å². The van der Waals surface area contributed by atoms with Crippen molar-refractivity contribution in [2.24, 2.45) is 4.99 Å². The van der Waals surface area contributed by atoms with Gasteiger partial charge in [-0.15, -0.1) is 0 Å². The number of aromatic nitrogens is 2. The van der Waals surface area contributed by atoms with Crippen LogP contribution in [0, 0.1) is 11.6 Å². The number of anilines is 1. The first-order chi connectivity index (χ1) is 12.5. The quantitative estimate of drug-likeness (QED) is 0.710. The van der Waals surface area contributed by atoms with E-state index in [0.717, 1.165) is 12.1 Å². The van der Waals surface area contributed by atoms with Crippen LogP contribution in [0.5, 0.6) is 0 Å². The smallest absolute Gasteiger partial charge is 0.335 e. The van der Waals surface area contributed by atoms with Crippen LogP contribution in [-0.2, 0) is 0 Å². The van der Waals surface area contributed by atoms with Crippen LogP contribution >= 0.6 is 11.6 Å². The fraction of sp³-hybridized carbons (Fsp3) is 0. The van der Waals surface area contributed by atoms with Crippen molar-refractivity contribution in [1.29, 1.82) is 0 Å². The molecule has 2 N–H and O–H groups in total. The third-order valence-electron chi connectivity index (χ3n) is 3.84. The second kappa shape index (κ2) is 5.92. The number of carbonyl (C=O) groups is 1. The van der Waals surface area contributed by atoms with Crippen LogP contribution in [0.2, 0.25) is 5.02 Å². The molecule has 0 amide bonds. The van der Waals surface area contributed by atoms with Crippen molar-refractivity contribution >= 4 is 34.9 Å². The van der Waals surface area contributed by atoms with Crippen molar-refractivity contribution in [2.75, 3.05) is 5.32 Å². The van der Waals surface area contributed by atoms with Crippen LogP contribution in [-0.4, -0.2) is 26.7 Å². The van der Waals surface area contributed by atoms with Crippen molar-refractivity contribution in [3.05, 3.63) is 70.4 Å². The molecule has 6 nitrogen and oxygen atoms in total. The fourth-order valence-corrected chi connectivity index (χ4v) is 2.81. The fourth-order valence-electron chi connectivity index (χ4n) is 2.65. The zero-order valence-electron chi connectivity index (χ0n) is 12.9. The molecule has 2 heterocycles. The molecule has 0 atom stereocenters. The highest BCUT2D eigenvalue weighted by atomic mass is 35.5. The van der Waals surface area contributed by atoms with Gasteiger partial charge in [-0.1, -0.05) is 17.7 Å². The highest BCUT2D eigenvalue weighted by molar-refractivity contribution is 6.33. The Hall–Kier alpha value is -3.26. The molecular formula is C17H9ClF2N4O2. The molecule has 0 unspecified atom stereocenters. The van der Waals surface area contributed by atoms with Crippen LogP contribution < -0.4 is 5.32 Å². The molecule has 0 radical (unpaired) electrons. The number of amidine groups is 1. The predicted molar refractivity (Wildman–Crippen MR) is 91.7 cm³/mol. The maximum absolute atomic E-state index is 14.2. The van der Waals surface area contributed by atoms with Crippen LogP contribution in [0.3, 0.4) is 0 Å². The van der Waals surface area contributed by atoms with E-state index in [0.29, 0.717) is 11.4 Å². The molecule has 1 aliphatic heterocycles. The molecular weight excluding hydrogens is 366 g/mol. The summed E-state index contributed by atoms with van der Waals surface area (Å²) in [5, 5.41) is 16.3. The molecule has 1 aromatic heterocycles. The van der Waals surface area contributed by atoms with E-state index in [1.807, 2.05) is 0 Å². The van der Waals surface area contributed by atoms with E-state index in [1.165, 1.54) is 35.1 Å². The molecule has 0 saturated carbocycles. The van der Waals surface area contributed by atoms with Crippen LogP contribution in [0.1, 0.15) is 15.9 Å². The Balaban J connectivity index is 1.98. The lowest BCUT2D eigenvalue weighted by Crippen LogP contribution is -2.17. The largest absolute Gasteiger partial charge is 0.478 e. The van der Waals surface area contributed by atoms with Gasteiger partial charge in [-0.05, 0) is 30.3 Å². The minimum absolute atomic E-state index is 0.0173. The molecule has 1 aliphatic rings. The van der Waals surface area contributed by atoms with E-state index in [1.54, 1.807) is 0 Å². The first-order valence-electron chi connectivity index (χ1n) is 7.37. The summed E-state index contributed by atoms with van der Waals surface area (Å²) in [5.74, 6) is -2.71. The summed E-state index contributed by atoms with van der Waals surface area (Å²) in [5.41, 5.74) is 0.368. The summed E-state index contributed by atoms with van der Waals surface area (Å²) in [4.78, 5) is 15.5. The second-order valence-corrected chi connectivity index (χ2v) is 5.85. The van der Waals surface area contributed by atoms with Crippen molar-refractivity contribution in [1.82, 2.24) is 9.78 Å². The number of hydrogen-bond acceptors (Lipinski definition) is 4. The van der Waals surface area contributed by atoms with Gasteiger partial charge < -0.3 is 10.4 Å². The highest BCUT2D eigenvalue weighted by Gasteiger charge is 2.24. The molecule has 2 aromatic carbocycles. The zero-order valence-corrected chi connectivity index (χ0v) is 13.6. The molecule has 0 spiro atoms. The number of halogens is 3. The predicted octanol–water partition coefficient (Wildman–Crippen LogP) is 4.01. The standard InChI is InChI=1S/C17H9ClF2N4O2/c18-9-7-21-24-13-6-8(17(25)26)4-5-12(13)22-15(23-16(9)24)14-10(19)2-1-3-11(14)20/h1-7H,(H,22,23)(H,25,26). The minimum atomic E-state index is -1.13. The molecule has 0 bridgehead atoms. The van der Waals surface area contributed by atoms with Crippen molar-refractivity contribution in [3.8, 4) is 5.69 Å². The second-order valence-electron chi connectivity index (χ2n) is 5.45. The van der Waals surface area contributed by atoms with Gasteiger partial charge in [0.25, 0.3) is 0 Å². The maximum Gasteiger partial charge on any atom is 0.335 e. The lowest BCUT2D eigenvalue weighted by Gasteiger charge is -2.12. The Morgan fingerprint density at radius 2 is 1.92 bits per heavy atom. The SMILES string of the molecule is O=C(O)c1ccc2c(c1)-n1ncc(Cl)c1N=C(c1c(F)cccc1F)N2. The van der Waals surface area contributed by atoms with E-state index in [9.17, 15) is 18.7 Å². The third kappa shape index (κ3) is 2.51. The summed E-state index contributed by atoms with van der Waals surface area (Å²) in [6.45, 7) is 0. The Morgan fingerprint density at radius 3 is 2.62 bits per heavy atom. The summed E-state index contributed by atoms with van der Waals surface area (Å²) in [7, 11) is 0. The molecule has 3 aromatic rings. The number of nitrogens with zero attached hydrogens (tertiary/aromatic N) is 3. The highest BCUT2D eigenvalue weighted by Crippen LogP contribution is 2.35. The Bertz CT molecular complexity index is 1070. The number of rotatable bonds is 2. The zero-order chi connectivity index (χ0) is 18.4. The van der Waals surface area contributed by atoms with Crippen LogP contribution in [0.25, 0.3) is 5.69 Å². The van der Waals surface area contributed by atoms with E-state index in [-0.39, 0.29) is 27.8 Å². The van der Waals surface area contributed by atoms with Crippen molar-refractivity contribution in [3.63, 3.8) is 0 Å². The number of aliphatic imine (C=N–C) groups is 1. The van der Waals surface area contributed by atoms with E-state index < -0.39 is 17.6 Å². The first kappa shape index (κ1) is 16.2. The number of carboxylic acid groups (broad SMARTS) is 1. The Morgan fingerprint density at radius 1 is 1.19 bits per heavy atom. The maximum atomic E-state index is 14.2. The van der Waals surface area contributed by atoms with Crippen LogP contribution in [0.15, 0.2) is 47.6 Å². The van der Waals surface area contributed by atoms with Gasteiger partial charge in [0.2, 0.25) is 0 Å². The topological polar surface area (TPSA) is 79.5 Å². The molecule has 4 rings (SSSR count). The number of benzene rings is 2. The summed E-state index contributed by atoms with van der Waals surface area (Å²) >= 11 is 6.11. The van der Waals surface area contributed by atoms with E-state index in [4.69, 9.17) is 11.6 Å². The molecule has 26 heavy (non-hydrogen) atoms. The molecule has 9 heteroatoms. The van der Waals surface area contributed by atoms with E-state index in [2.05, 4.69) is 15.4 Å². The third-order valence-corrected chi connectivity index (χ3v) is 4.11. The molecule has 0 fully saturated rings. The number of nitrogens with one attached hydrogen (secondary N) is 1. The number of carboxylic acids is 1. The van der Waals surface area contributed by atoms with Gasteiger partial charge in [-0.2, -0.15) is 5.10 Å². The molecule has 0 aliphatic carbocycles. The van der Waals surface area contributed by atoms with Gasteiger partial charge in [0.1, 0.15) is 22.5 Å². The van der Waals surface area contributed by atoms with Gasteiger partial charge in [0.15, 0.2) is 5.82 Å². The lowest BCUT2D eigenvalue weighted by molar-refractivity contribution is 0.0697. The van der Waals surface area contributed by atoms with Gasteiger partial charge in [-0.3, -0.25) is 0 Å². The number of aromatic carboxylic acids is 1. The summed E-state index contributed by atoms with van der Waals surface area (Å²) in [6.07, 6.45) is 1.32. The number of hydrogen-bond donors (Lipinski definition) is 2. The Kier molecular flexibility index (Phi) is 3.69. The van der Waals surface area contributed by atoms with Crippen LogP contribution in [0.4, 0.5) is 20.3 Å². The average molecular weight is 375 g/mol. The average Bonchev–Trinajstić information content (AvgIpc) is 2.86. The minimum Gasteiger partial charge on any atom is -0.478 e. The first-order valence-corrected chi connectivity index (χ1v) is 7.75. The van der Waals surface area contributed by atoms with E-state index >= 15 is 0 Å². The van der Waals surface area contributed by atoms with Crippen molar-refractivity contribution in [2.45, 2.75) is 0 Å². The normalized spacial score (nSPS) is 12.5. The lowest BCUT2D eigenvalue weighted by atomic mass is 10.1. The van der Waals surface area contributed by atoms with Gasteiger partial charge >= 0.3 is 5.97 Å². The van der Waals surface area contributed by atoms with Crippen molar-refractivity contribution < 1.29 is 18.7 Å². The molecule has 0 saturated heterocycles. The summed E-state index contributed by atoms with van der Waals surface area (Å²) < 4.78 is 29.8.